The second-order valence-electron chi connectivity index (χ2n) is 15.9. The summed E-state index contributed by atoms with van der Waals surface area (Å²) in [5.41, 5.74) is 23.8. The number of carboxylic acids is 5. The summed E-state index contributed by atoms with van der Waals surface area (Å²) < 4.78 is 62.6. The average Bonchev–Trinajstić information content (AvgIpc) is 3.35. The molecule has 0 spiro atoms. The molecule has 27 nitrogen and oxygen atoms in total. The van der Waals surface area contributed by atoms with E-state index in [1.165, 1.54) is 49.4 Å². The maximum Gasteiger partial charge on any atom is 0.388 e. The summed E-state index contributed by atoms with van der Waals surface area (Å²) >= 11 is 0. The lowest BCUT2D eigenvalue weighted by molar-refractivity contribution is 0.0686. The number of hydrogen-bond donors (Lipinski definition) is 14. The van der Waals surface area contributed by atoms with Gasteiger partial charge in [-0.1, -0.05) is 53.9 Å². The molecule has 29 heteroatoms. The molecule has 0 aliphatic rings. The predicted octanol–water partition coefficient (Wildman–Crippen LogP) is 6.78. The number of benzene rings is 6. The average molecular weight is 1120 g/mol. The maximum absolute atomic E-state index is 11.0. The Morgan fingerprint density at radius 2 is 0.821 bits per heavy atom. The van der Waals surface area contributed by atoms with Gasteiger partial charge in [-0.2, -0.15) is 12.8 Å². The van der Waals surface area contributed by atoms with Gasteiger partial charge in [-0.15, -0.1) is 0 Å². The van der Waals surface area contributed by atoms with E-state index in [0.717, 1.165) is 44.8 Å². The number of aryl methyl sites for hydroxylation is 6. The van der Waals surface area contributed by atoms with Crippen LogP contribution in [-0.4, -0.2) is 86.4 Å². The van der Waals surface area contributed by atoms with Gasteiger partial charge in [-0.05, 0) is 130 Å². The van der Waals surface area contributed by atoms with E-state index in [1.807, 2.05) is 33.8 Å². The lowest BCUT2D eigenvalue weighted by atomic mass is 10.1. The Bertz CT molecular complexity index is 3340. The molecule has 0 radical (unpaired) electrons. The topological polar surface area (TPSA) is 490 Å². The first-order valence-corrected chi connectivity index (χ1v) is 24.4. The molecule has 0 saturated heterocycles. The summed E-state index contributed by atoms with van der Waals surface area (Å²) in [6.07, 6.45) is 0. The number of rotatable bonds is 12. The molecule has 416 valence electrons. The fourth-order valence-corrected chi connectivity index (χ4v) is 6.94. The van der Waals surface area contributed by atoms with Gasteiger partial charge in [0.15, 0.2) is 15.3 Å². The molecule has 6 rings (SSSR count). The van der Waals surface area contributed by atoms with Gasteiger partial charge in [0.25, 0.3) is 0 Å². The molecular weight excluding hydrogens is 1060 g/mol. The molecule has 78 heavy (non-hydrogen) atoms. The molecule has 0 bridgehead atoms. The van der Waals surface area contributed by atoms with Gasteiger partial charge >= 0.3 is 45.8 Å². The van der Waals surface area contributed by atoms with Crippen LogP contribution in [0.1, 0.15) is 90.7 Å². The van der Waals surface area contributed by atoms with Crippen LogP contribution in [0.2, 0.25) is 0 Å². The number of hydrazine groups is 3. The van der Waals surface area contributed by atoms with Gasteiger partial charge in [-0.3, -0.25) is 16.2 Å². The van der Waals surface area contributed by atoms with E-state index >= 15 is 0 Å². The molecule has 0 aliphatic heterocycles. The highest BCUT2D eigenvalue weighted by Gasteiger charge is 2.22. The number of carboxylic acid groups (broad SMARTS) is 5. The minimum absolute atomic E-state index is 0.0525. The highest BCUT2D eigenvalue weighted by molar-refractivity contribution is 7.89. The summed E-state index contributed by atoms with van der Waals surface area (Å²) in [7, 11) is -10.4. The molecule has 18 N–H and O–H groups in total. The number of nitrogens with one attached hydrogen (secondary N) is 3. The Hall–Kier alpha value is -9.67. The normalized spacial score (nSPS) is 10.1. The molecule has 0 amide bonds. The number of diazo groups is 1. The van der Waals surface area contributed by atoms with Crippen LogP contribution >= 0.6 is 0 Å². The van der Waals surface area contributed by atoms with Gasteiger partial charge < -0.3 is 57.5 Å². The third kappa shape index (κ3) is 22.0. The van der Waals surface area contributed by atoms with E-state index in [0.29, 0.717) is 28.3 Å². The predicted molar refractivity (Wildman–Crippen MR) is 290 cm³/mol. The van der Waals surface area contributed by atoms with Crippen molar-refractivity contribution in [2.75, 3.05) is 26.7 Å². The van der Waals surface area contributed by atoms with E-state index in [9.17, 15) is 45.4 Å². The summed E-state index contributed by atoms with van der Waals surface area (Å²) in [4.78, 5) is 56.7. The lowest BCUT2D eigenvalue weighted by Gasteiger charge is -2.27. The van der Waals surface area contributed by atoms with Crippen molar-refractivity contribution in [3.8, 4) is 0 Å². The first-order chi connectivity index (χ1) is 36.1. The van der Waals surface area contributed by atoms with Crippen LogP contribution < -0.4 is 43.2 Å². The van der Waals surface area contributed by atoms with E-state index < -0.39 is 56.1 Å². The van der Waals surface area contributed by atoms with Crippen LogP contribution in [0.5, 0.6) is 0 Å². The number of nitrogens with zero attached hydrogens (tertiary/aromatic N) is 3. The van der Waals surface area contributed by atoms with Gasteiger partial charge in [-0.25, -0.2) is 32.4 Å². The summed E-state index contributed by atoms with van der Waals surface area (Å²) in [5, 5.41) is 60.6. The number of nitrogens with two attached hydrogens (primary N) is 4. The van der Waals surface area contributed by atoms with E-state index in [2.05, 4.69) is 22.4 Å². The summed E-state index contributed by atoms with van der Waals surface area (Å²) in [6.45, 7) is 13.9. The molecule has 0 heterocycles. The number of aliphatic hydroxyl groups is 1. The fourth-order valence-electron chi connectivity index (χ4n) is 5.55. The minimum Gasteiger partial charge on any atom is -0.730 e. The van der Waals surface area contributed by atoms with Gasteiger partial charge in [0, 0.05) is 28.6 Å². The zero-order valence-electron chi connectivity index (χ0n) is 42.3. The molecule has 0 aromatic heterocycles. The van der Waals surface area contributed by atoms with Crippen molar-refractivity contribution in [3.63, 3.8) is 0 Å². The van der Waals surface area contributed by atoms with Gasteiger partial charge in [0.2, 0.25) is 5.39 Å². The molecule has 0 aliphatic carbocycles. The second-order valence-corrected chi connectivity index (χ2v) is 18.2. The van der Waals surface area contributed by atoms with Crippen LogP contribution in [0.25, 0.3) is 10.7 Å². The Morgan fingerprint density at radius 1 is 0.513 bits per heavy atom. The molecule has 6 aromatic carbocycles. The van der Waals surface area contributed by atoms with Crippen molar-refractivity contribution in [2.24, 2.45) is 11.7 Å². The highest BCUT2D eigenvalue weighted by Crippen LogP contribution is 2.24. The lowest BCUT2D eigenvalue weighted by Crippen LogP contribution is -2.46. The summed E-state index contributed by atoms with van der Waals surface area (Å²) in [6, 6.07) is 27.0. The third-order valence-corrected chi connectivity index (χ3v) is 11.3. The number of aromatic carboxylic acids is 5. The number of nitrogen functional groups attached to an aromatic ring is 4. The van der Waals surface area contributed by atoms with E-state index in [-0.39, 0.29) is 49.2 Å². The molecular formula is C49H56N10O17S2. The minimum atomic E-state index is -5.38. The summed E-state index contributed by atoms with van der Waals surface area (Å²) in [5.74, 6) is 5.11. The third-order valence-electron chi connectivity index (χ3n) is 10.1. The van der Waals surface area contributed by atoms with Crippen molar-refractivity contribution in [1.82, 2.24) is 4.83 Å². The Morgan fingerprint density at radius 3 is 1.14 bits per heavy atom. The zero-order valence-corrected chi connectivity index (χ0v) is 43.9. The number of anilines is 5. The van der Waals surface area contributed by atoms with Gasteiger partial charge in [0.1, 0.15) is 5.76 Å². The van der Waals surface area contributed by atoms with Crippen molar-refractivity contribution in [1.29, 1.82) is 5.39 Å². The molecule has 6 aromatic rings. The molecule has 0 unspecified atom stereocenters. The van der Waals surface area contributed by atoms with Crippen molar-refractivity contribution in [2.45, 2.75) is 41.5 Å². The molecule has 0 saturated carbocycles. The Kier molecular flexibility index (Phi) is 25.5. The molecule has 0 atom stereocenters. The quantitative estimate of drug-likeness (QED) is 0.0150. The maximum atomic E-state index is 11.0. The number of carbonyl (C=O) groups is 5. The monoisotopic (exact) mass is 1120 g/mol. The second kappa shape index (κ2) is 30.0. The van der Waals surface area contributed by atoms with Gasteiger partial charge in [0.05, 0.1) is 44.9 Å². The van der Waals surface area contributed by atoms with E-state index in [4.69, 9.17) is 63.7 Å². The first kappa shape index (κ1) is 66.3. The highest BCUT2D eigenvalue weighted by atomic mass is 32.2. The van der Waals surface area contributed by atoms with Crippen LogP contribution in [0.15, 0.2) is 116 Å². The number of aliphatic hydroxyl groups excluding tert-OH is 1. The van der Waals surface area contributed by atoms with Crippen molar-refractivity contribution in [3.05, 3.63) is 188 Å². The van der Waals surface area contributed by atoms with Crippen LogP contribution in [0.4, 0.5) is 34.1 Å². The standard InChI is InChI=1S/C9H11NO.C8H10N2O8S2.2C8H10N2O2.C8H6N2O2.C8H9NO2/c1-6-3-4-8(7(2)11)5-9(6)10;1-5-2-3-6(8(11)12)4-7(5)10(20(16,17)18)9-19(13,14)15;3*1-5-2-3-6(8(11)12)4-7(5)10-9;1-5-2-3-6(8(10)11)4-7(5)9/h3-5,11H,2,10H2,1H3;2-4,9H,1H3,(H,11,12)(H,13,14,15)(H,16,17,18);2*2-4,10H,9H2,1H3,(H,11,12);2-4H,1H3;2-4H,9H2,1H3,(H,10,11). The van der Waals surface area contributed by atoms with Crippen LogP contribution in [0, 0.1) is 46.9 Å². The van der Waals surface area contributed by atoms with E-state index in [1.54, 1.807) is 55.5 Å². The largest absolute Gasteiger partial charge is 0.730 e. The Labute approximate surface area is 447 Å². The zero-order chi connectivity index (χ0) is 60.0. The molecule has 0 fully saturated rings. The Balaban J connectivity index is 0.000000475. The number of hydrogen-bond acceptors (Lipinski definition) is 18. The van der Waals surface area contributed by atoms with Crippen molar-refractivity contribution < 1.29 is 80.6 Å². The van der Waals surface area contributed by atoms with Crippen molar-refractivity contribution >= 4 is 90.3 Å². The first-order valence-electron chi connectivity index (χ1n) is 21.6. The van der Waals surface area contributed by atoms with Crippen LogP contribution in [-0.2, 0) is 20.6 Å². The SMILES string of the molecule is C=C(O)c1ccc(C)c(N)c1.Cc1ccc(C(=O)O)cc1N.Cc1ccc(C(=O)O)cc1N(NS(=O)(=O)O)S(=O)(=O)[O-].Cc1ccc(C(=O)O)cc1NN.Cc1ccc(C(=O)O)cc1NN.Cc1ccc(C(=O)O)cc1[N+]#N. The fraction of sp³-hybridized carbons (Fsp3) is 0.122. The smallest absolute Gasteiger partial charge is 0.388 e. The van der Waals surface area contributed by atoms with Crippen LogP contribution in [0.3, 0.4) is 0 Å².